The lowest BCUT2D eigenvalue weighted by Crippen LogP contribution is -2.07. The van der Waals surface area contributed by atoms with Gasteiger partial charge in [0.2, 0.25) is 0 Å². The Hall–Kier alpha value is -0.930. The van der Waals surface area contributed by atoms with Crippen LogP contribution >= 0.6 is 11.6 Å². The SMILES string of the molecule is CC(C)c1c(CN)c(Cl)cc2c1OCCCO2. The van der Waals surface area contributed by atoms with Gasteiger partial charge in [-0.2, -0.15) is 0 Å². The van der Waals surface area contributed by atoms with Crippen molar-refractivity contribution in [1.29, 1.82) is 0 Å². The summed E-state index contributed by atoms with van der Waals surface area (Å²) in [6, 6.07) is 1.82. The first-order chi connectivity index (χ1) is 8.15. The first kappa shape index (κ1) is 12.5. The Morgan fingerprint density at radius 1 is 1.35 bits per heavy atom. The molecular weight excluding hydrogens is 238 g/mol. The highest BCUT2D eigenvalue weighted by Gasteiger charge is 2.22. The van der Waals surface area contributed by atoms with E-state index < -0.39 is 0 Å². The van der Waals surface area contributed by atoms with Crippen LogP contribution in [0.15, 0.2) is 6.07 Å². The van der Waals surface area contributed by atoms with Crippen molar-refractivity contribution in [3.63, 3.8) is 0 Å². The minimum Gasteiger partial charge on any atom is -0.489 e. The van der Waals surface area contributed by atoms with E-state index in [1.54, 1.807) is 0 Å². The monoisotopic (exact) mass is 255 g/mol. The molecule has 0 radical (unpaired) electrons. The molecule has 1 heterocycles. The maximum atomic E-state index is 6.25. The highest BCUT2D eigenvalue weighted by molar-refractivity contribution is 6.31. The summed E-state index contributed by atoms with van der Waals surface area (Å²) >= 11 is 6.25. The Labute approximate surface area is 107 Å². The minimum absolute atomic E-state index is 0.308. The van der Waals surface area contributed by atoms with Gasteiger partial charge in [-0.25, -0.2) is 0 Å². The van der Waals surface area contributed by atoms with E-state index in [9.17, 15) is 0 Å². The minimum atomic E-state index is 0.308. The molecule has 2 rings (SSSR count). The molecule has 0 saturated heterocycles. The van der Waals surface area contributed by atoms with Crippen molar-refractivity contribution >= 4 is 11.6 Å². The summed E-state index contributed by atoms with van der Waals surface area (Å²) in [5, 5.41) is 0.667. The third kappa shape index (κ3) is 2.35. The summed E-state index contributed by atoms with van der Waals surface area (Å²) in [5.74, 6) is 1.87. The molecule has 1 aromatic rings. The van der Waals surface area contributed by atoms with Crippen molar-refractivity contribution in [1.82, 2.24) is 0 Å². The van der Waals surface area contributed by atoms with E-state index in [1.165, 1.54) is 0 Å². The molecule has 0 atom stereocenters. The molecule has 2 N–H and O–H groups in total. The standard InChI is InChI=1S/C13H18ClNO2/c1-8(2)12-9(7-15)10(14)6-11-13(12)17-5-3-4-16-11/h6,8H,3-5,7,15H2,1-2H3. The number of ether oxygens (including phenoxy) is 2. The van der Waals surface area contributed by atoms with Gasteiger partial charge >= 0.3 is 0 Å². The van der Waals surface area contributed by atoms with E-state index in [2.05, 4.69) is 13.8 Å². The molecule has 4 heteroatoms. The van der Waals surface area contributed by atoms with Crippen molar-refractivity contribution < 1.29 is 9.47 Å². The fourth-order valence-electron chi connectivity index (χ4n) is 2.16. The van der Waals surface area contributed by atoms with E-state index in [0.717, 1.165) is 29.0 Å². The van der Waals surface area contributed by atoms with Crippen LogP contribution in [0.5, 0.6) is 11.5 Å². The van der Waals surface area contributed by atoms with Crippen molar-refractivity contribution in [2.24, 2.45) is 5.73 Å². The van der Waals surface area contributed by atoms with Gasteiger partial charge in [-0.15, -0.1) is 0 Å². The summed E-state index contributed by atoms with van der Waals surface area (Å²) in [5.41, 5.74) is 7.82. The van der Waals surface area contributed by atoms with Crippen LogP contribution in [0.2, 0.25) is 5.02 Å². The van der Waals surface area contributed by atoms with Gasteiger partial charge in [0.25, 0.3) is 0 Å². The summed E-state index contributed by atoms with van der Waals surface area (Å²) in [7, 11) is 0. The van der Waals surface area contributed by atoms with Crippen LogP contribution in [-0.4, -0.2) is 13.2 Å². The molecule has 0 aliphatic carbocycles. The third-order valence-corrected chi connectivity index (χ3v) is 3.25. The third-order valence-electron chi connectivity index (χ3n) is 2.91. The molecule has 1 aliphatic heterocycles. The Balaban J connectivity index is 2.62. The Kier molecular flexibility index (Phi) is 3.79. The summed E-state index contributed by atoms with van der Waals surface area (Å²) < 4.78 is 11.5. The van der Waals surface area contributed by atoms with Crippen LogP contribution in [0.1, 0.15) is 37.3 Å². The van der Waals surface area contributed by atoms with Crippen LogP contribution < -0.4 is 15.2 Å². The average molecular weight is 256 g/mol. The van der Waals surface area contributed by atoms with Crippen LogP contribution in [-0.2, 0) is 6.54 Å². The van der Waals surface area contributed by atoms with Gasteiger partial charge in [-0.1, -0.05) is 25.4 Å². The second-order valence-corrected chi connectivity index (χ2v) is 4.89. The predicted molar refractivity (Wildman–Crippen MR) is 69.0 cm³/mol. The fraction of sp³-hybridized carbons (Fsp3) is 0.538. The molecule has 17 heavy (non-hydrogen) atoms. The van der Waals surface area contributed by atoms with E-state index in [1.807, 2.05) is 6.07 Å². The zero-order valence-electron chi connectivity index (χ0n) is 10.3. The van der Waals surface area contributed by atoms with Gasteiger partial charge in [-0.3, -0.25) is 0 Å². The highest BCUT2D eigenvalue weighted by Crippen LogP contribution is 2.42. The van der Waals surface area contributed by atoms with Gasteiger partial charge in [0, 0.05) is 29.6 Å². The largest absolute Gasteiger partial charge is 0.489 e. The molecule has 0 spiro atoms. The van der Waals surface area contributed by atoms with Gasteiger partial charge in [0.1, 0.15) is 0 Å². The van der Waals surface area contributed by atoms with Gasteiger partial charge in [0.15, 0.2) is 11.5 Å². The lowest BCUT2D eigenvalue weighted by Gasteiger charge is -2.20. The number of hydrogen-bond acceptors (Lipinski definition) is 3. The number of benzene rings is 1. The second kappa shape index (κ2) is 5.15. The lowest BCUT2D eigenvalue weighted by atomic mass is 9.95. The molecule has 0 aromatic heterocycles. The smallest absolute Gasteiger partial charge is 0.165 e. The second-order valence-electron chi connectivity index (χ2n) is 4.49. The molecular formula is C13H18ClNO2. The van der Waals surface area contributed by atoms with Crippen molar-refractivity contribution in [3.8, 4) is 11.5 Å². The first-order valence-electron chi connectivity index (χ1n) is 5.96. The van der Waals surface area contributed by atoms with Crippen LogP contribution in [0.25, 0.3) is 0 Å². The molecule has 1 aromatic carbocycles. The van der Waals surface area contributed by atoms with Crippen molar-refractivity contribution in [2.45, 2.75) is 32.7 Å². The summed E-state index contributed by atoms with van der Waals surface area (Å²) in [4.78, 5) is 0. The quantitative estimate of drug-likeness (QED) is 0.883. The number of fused-ring (bicyclic) bond motifs is 1. The molecule has 94 valence electrons. The molecule has 1 aliphatic rings. The zero-order valence-corrected chi connectivity index (χ0v) is 11.0. The van der Waals surface area contributed by atoms with Gasteiger partial charge in [-0.05, 0) is 11.5 Å². The zero-order chi connectivity index (χ0) is 12.4. The molecule has 0 saturated carbocycles. The molecule has 0 bridgehead atoms. The van der Waals surface area contributed by atoms with E-state index in [4.69, 9.17) is 26.8 Å². The van der Waals surface area contributed by atoms with Crippen LogP contribution in [0.4, 0.5) is 0 Å². The van der Waals surface area contributed by atoms with Crippen LogP contribution in [0, 0.1) is 0 Å². The molecule has 0 unspecified atom stereocenters. The first-order valence-corrected chi connectivity index (χ1v) is 6.34. The summed E-state index contributed by atoms with van der Waals surface area (Å²) in [6.45, 7) is 5.99. The summed E-state index contributed by atoms with van der Waals surface area (Å²) in [6.07, 6.45) is 0.891. The fourth-order valence-corrected chi connectivity index (χ4v) is 2.43. The van der Waals surface area contributed by atoms with Crippen molar-refractivity contribution in [2.75, 3.05) is 13.2 Å². The Morgan fingerprint density at radius 3 is 2.71 bits per heavy atom. The molecule has 0 fully saturated rings. The molecule has 0 amide bonds. The number of nitrogens with two attached hydrogens (primary N) is 1. The Bertz CT molecular complexity index is 418. The number of rotatable bonds is 2. The van der Waals surface area contributed by atoms with Gasteiger partial charge < -0.3 is 15.2 Å². The van der Waals surface area contributed by atoms with E-state index >= 15 is 0 Å². The maximum Gasteiger partial charge on any atom is 0.165 e. The Morgan fingerprint density at radius 2 is 2.06 bits per heavy atom. The maximum absolute atomic E-state index is 6.25. The van der Waals surface area contributed by atoms with Crippen molar-refractivity contribution in [3.05, 3.63) is 22.2 Å². The average Bonchev–Trinajstić information content (AvgIpc) is 2.51. The predicted octanol–water partition coefficient (Wildman–Crippen LogP) is 3.08. The van der Waals surface area contributed by atoms with Crippen LogP contribution in [0.3, 0.4) is 0 Å². The van der Waals surface area contributed by atoms with E-state index in [-0.39, 0.29) is 0 Å². The molecule has 3 nitrogen and oxygen atoms in total. The number of hydrogen-bond donors (Lipinski definition) is 1. The van der Waals surface area contributed by atoms with Gasteiger partial charge in [0.05, 0.1) is 13.2 Å². The normalized spacial score (nSPS) is 14.9. The number of halogens is 1. The topological polar surface area (TPSA) is 44.5 Å². The lowest BCUT2D eigenvalue weighted by molar-refractivity contribution is 0.295. The highest BCUT2D eigenvalue weighted by atomic mass is 35.5. The van der Waals surface area contributed by atoms with E-state index in [0.29, 0.717) is 30.7 Å².